The van der Waals surface area contributed by atoms with Crippen LogP contribution in [0.15, 0.2) is 36.5 Å². The topological polar surface area (TPSA) is 46.4 Å². The van der Waals surface area contributed by atoms with Crippen molar-refractivity contribution in [1.29, 1.82) is 0 Å². The Morgan fingerprint density at radius 3 is 2.64 bits per heavy atom. The smallest absolute Gasteiger partial charge is 0.274 e. The largest absolute Gasteiger partial charge is 0.320 e. The van der Waals surface area contributed by atoms with E-state index in [4.69, 9.17) is 23.2 Å². The van der Waals surface area contributed by atoms with E-state index >= 15 is 0 Å². The molecule has 0 saturated carbocycles. The van der Waals surface area contributed by atoms with E-state index in [-0.39, 0.29) is 5.91 Å². The summed E-state index contributed by atoms with van der Waals surface area (Å²) in [4.78, 5) is 17.0. The van der Waals surface area contributed by atoms with Crippen LogP contribution in [0.25, 0.3) is 5.65 Å². The molecule has 1 aromatic carbocycles. The summed E-state index contributed by atoms with van der Waals surface area (Å²) in [5, 5.41) is 4.03. The van der Waals surface area contributed by atoms with Crippen molar-refractivity contribution in [3.05, 3.63) is 63.5 Å². The number of hydrogen-bond donors (Lipinski definition) is 1. The second-order valence-electron chi connectivity index (χ2n) is 5.03. The van der Waals surface area contributed by atoms with Gasteiger partial charge in [0.1, 0.15) is 11.3 Å². The van der Waals surface area contributed by atoms with Crippen LogP contribution in [0.1, 0.15) is 21.7 Å². The number of nitrogens with zero attached hydrogens (tertiary/aromatic N) is 2. The maximum absolute atomic E-state index is 12.6. The molecule has 0 atom stereocenters. The molecule has 3 aromatic rings. The van der Waals surface area contributed by atoms with E-state index < -0.39 is 0 Å². The van der Waals surface area contributed by atoms with E-state index in [0.717, 1.165) is 5.56 Å². The van der Waals surface area contributed by atoms with Crippen LogP contribution in [0.5, 0.6) is 0 Å². The summed E-state index contributed by atoms with van der Waals surface area (Å²) in [5.41, 5.74) is 3.37. The summed E-state index contributed by atoms with van der Waals surface area (Å²) in [6, 6.07) is 8.81. The quantitative estimate of drug-likeness (QED) is 0.749. The predicted octanol–water partition coefficient (Wildman–Crippen LogP) is 4.51. The molecule has 1 amide bonds. The third-order valence-electron chi connectivity index (χ3n) is 3.43. The number of aromatic nitrogens is 2. The molecule has 1 N–H and O–H groups in total. The monoisotopic (exact) mass is 333 g/mol. The molecule has 0 aliphatic carbocycles. The minimum absolute atomic E-state index is 0.238. The normalized spacial score (nSPS) is 10.9. The number of halogens is 2. The standard InChI is InChI=1S/C16H13Cl2N3O/c1-9-3-4-11(17)7-13(9)20-16(22)15-10(2)19-14-8-12(18)5-6-21(14)15/h3-8H,1-2H3,(H,20,22). The number of carbonyl (C=O) groups is 1. The van der Waals surface area contributed by atoms with Crippen LogP contribution in [-0.2, 0) is 0 Å². The summed E-state index contributed by atoms with van der Waals surface area (Å²) in [6.07, 6.45) is 1.73. The molecule has 0 radical (unpaired) electrons. The van der Waals surface area contributed by atoms with Crippen LogP contribution in [0.3, 0.4) is 0 Å². The van der Waals surface area contributed by atoms with E-state index in [1.54, 1.807) is 41.8 Å². The van der Waals surface area contributed by atoms with Gasteiger partial charge in [-0.05, 0) is 37.6 Å². The number of anilines is 1. The molecular weight excluding hydrogens is 321 g/mol. The Morgan fingerprint density at radius 1 is 1.14 bits per heavy atom. The van der Waals surface area contributed by atoms with Crippen molar-refractivity contribution in [3.63, 3.8) is 0 Å². The number of pyridine rings is 1. The van der Waals surface area contributed by atoms with Crippen molar-refractivity contribution >= 4 is 40.4 Å². The summed E-state index contributed by atoms with van der Waals surface area (Å²) in [5.74, 6) is -0.238. The summed E-state index contributed by atoms with van der Waals surface area (Å²) < 4.78 is 1.72. The second kappa shape index (κ2) is 5.63. The van der Waals surface area contributed by atoms with Gasteiger partial charge >= 0.3 is 0 Å². The van der Waals surface area contributed by atoms with Crippen LogP contribution < -0.4 is 5.32 Å². The van der Waals surface area contributed by atoms with Crippen molar-refractivity contribution in [1.82, 2.24) is 9.38 Å². The van der Waals surface area contributed by atoms with Gasteiger partial charge in [-0.1, -0.05) is 29.3 Å². The molecule has 22 heavy (non-hydrogen) atoms. The molecule has 4 nitrogen and oxygen atoms in total. The fourth-order valence-corrected chi connectivity index (χ4v) is 2.65. The van der Waals surface area contributed by atoms with Crippen molar-refractivity contribution in [2.45, 2.75) is 13.8 Å². The fraction of sp³-hybridized carbons (Fsp3) is 0.125. The Kier molecular flexibility index (Phi) is 3.81. The molecular formula is C16H13Cl2N3O. The average Bonchev–Trinajstić information content (AvgIpc) is 2.77. The maximum Gasteiger partial charge on any atom is 0.274 e. The number of fused-ring (bicyclic) bond motifs is 1. The molecule has 0 aliphatic rings. The summed E-state index contributed by atoms with van der Waals surface area (Å²) >= 11 is 11.9. The molecule has 3 rings (SSSR count). The van der Waals surface area contributed by atoms with Crippen molar-refractivity contribution in [2.75, 3.05) is 5.32 Å². The number of nitrogens with one attached hydrogen (secondary N) is 1. The number of rotatable bonds is 2. The van der Waals surface area contributed by atoms with E-state index in [2.05, 4.69) is 10.3 Å². The van der Waals surface area contributed by atoms with E-state index in [9.17, 15) is 4.79 Å². The summed E-state index contributed by atoms with van der Waals surface area (Å²) in [7, 11) is 0. The number of hydrogen-bond acceptors (Lipinski definition) is 2. The fourth-order valence-electron chi connectivity index (χ4n) is 2.32. The van der Waals surface area contributed by atoms with Crippen LogP contribution in [0.4, 0.5) is 5.69 Å². The Labute approximate surface area is 137 Å². The van der Waals surface area contributed by atoms with Crippen molar-refractivity contribution in [3.8, 4) is 0 Å². The zero-order valence-electron chi connectivity index (χ0n) is 12.0. The highest BCUT2D eigenvalue weighted by atomic mass is 35.5. The first kappa shape index (κ1) is 14.9. The van der Waals surface area contributed by atoms with Crippen LogP contribution in [-0.4, -0.2) is 15.3 Å². The van der Waals surface area contributed by atoms with Gasteiger partial charge in [-0.2, -0.15) is 0 Å². The number of benzene rings is 1. The number of carbonyl (C=O) groups excluding carboxylic acids is 1. The number of amides is 1. The van der Waals surface area contributed by atoms with Gasteiger partial charge in [0.15, 0.2) is 0 Å². The molecule has 2 heterocycles. The lowest BCUT2D eigenvalue weighted by molar-refractivity contribution is 0.102. The minimum atomic E-state index is -0.238. The average molecular weight is 334 g/mol. The summed E-state index contributed by atoms with van der Waals surface area (Å²) in [6.45, 7) is 3.70. The third-order valence-corrected chi connectivity index (χ3v) is 3.90. The Balaban J connectivity index is 2.02. The van der Waals surface area contributed by atoms with Crippen LogP contribution >= 0.6 is 23.2 Å². The van der Waals surface area contributed by atoms with E-state index in [0.29, 0.717) is 32.8 Å². The lowest BCUT2D eigenvalue weighted by atomic mass is 10.2. The Hall–Kier alpha value is -2.04. The first-order valence-corrected chi connectivity index (χ1v) is 7.43. The van der Waals surface area contributed by atoms with E-state index in [1.807, 2.05) is 13.0 Å². The van der Waals surface area contributed by atoms with Gasteiger partial charge in [0.25, 0.3) is 5.91 Å². The predicted molar refractivity (Wildman–Crippen MR) is 89.1 cm³/mol. The van der Waals surface area contributed by atoms with Gasteiger partial charge in [0, 0.05) is 28.0 Å². The van der Waals surface area contributed by atoms with Crippen LogP contribution in [0.2, 0.25) is 10.0 Å². The van der Waals surface area contributed by atoms with Crippen LogP contribution in [0, 0.1) is 13.8 Å². The number of imidazole rings is 1. The molecule has 0 spiro atoms. The molecule has 112 valence electrons. The van der Waals surface area contributed by atoms with Gasteiger partial charge in [0.05, 0.1) is 5.69 Å². The molecule has 0 bridgehead atoms. The zero-order valence-corrected chi connectivity index (χ0v) is 13.5. The van der Waals surface area contributed by atoms with Gasteiger partial charge in [-0.25, -0.2) is 4.98 Å². The van der Waals surface area contributed by atoms with Gasteiger partial charge in [0.2, 0.25) is 0 Å². The zero-order chi connectivity index (χ0) is 15.9. The number of aryl methyl sites for hydroxylation is 2. The first-order chi connectivity index (χ1) is 10.5. The van der Waals surface area contributed by atoms with Gasteiger partial charge < -0.3 is 5.32 Å². The first-order valence-electron chi connectivity index (χ1n) is 6.67. The Morgan fingerprint density at radius 2 is 1.86 bits per heavy atom. The van der Waals surface area contributed by atoms with Crippen molar-refractivity contribution in [2.24, 2.45) is 0 Å². The SMILES string of the molecule is Cc1ccc(Cl)cc1NC(=O)c1c(C)nc2cc(Cl)ccn12. The minimum Gasteiger partial charge on any atom is -0.320 e. The third kappa shape index (κ3) is 2.67. The molecule has 6 heteroatoms. The molecule has 0 unspecified atom stereocenters. The molecule has 2 aromatic heterocycles. The Bertz CT molecular complexity index is 886. The maximum atomic E-state index is 12.6. The van der Waals surface area contributed by atoms with Crippen molar-refractivity contribution < 1.29 is 4.79 Å². The second-order valence-corrected chi connectivity index (χ2v) is 5.91. The lowest BCUT2D eigenvalue weighted by Gasteiger charge is -2.09. The molecule has 0 saturated heterocycles. The highest BCUT2D eigenvalue weighted by Gasteiger charge is 2.17. The highest BCUT2D eigenvalue weighted by molar-refractivity contribution is 6.31. The highest BCUT2D eigenvalue weighted by Crippen LogP contribution is 2.22. The lowest BCUT2D eigenvalue weighted by Crippen LogP contribution is -2.16. The molecule has 0 fully saturated rings. The van der Waals surface area contributed by atoms with Gasteiger partial charge in [-0.3, -0.25) is 9.20 Å². The molecule has 0 aliphatic heterocycles. The van der Waals surface area contributed by atoms with Gasteiger partial charge in [-0.15, -0.1) is 0 Å². The van der Waals surface area contributed by atoms with E-state index in [1.165, 1.54) is 0 Å².